The Bertz CT molecular complexity index is 371. The lowest BCUT2D eigenvalue weighted by Crippen LogP contribution is -2.49. The Hall–Kier alpha value is -1.20. The predicted molar refractivity (Wildman–Crippen MR) is 66.8 cm³/mol. The van der Waals surface area contributed by atoms with Crippen molar-refractivity contribution in [1.29, 1.82) is 0 Å². The molecule has 5 heteroatoms. The number of anilines is 1. The maximum Gasteiger partial charge on any atom is 0.225 e. The van der Waals surface area contributed by atoms with Gasteiger partial charge in [-0.15, -0.1) is 0 Å². The first-order chi connectivity index (χ1) is 8.24. The molecular weight excluding hydrogens is 216 g/mol. The smallest absolute Gasteiger partial charge is 0.225 e. The maximum absolute atomic E-state index is 5.67. The quantitative estimate of drug-likeness (QED) is 0.846. The van der Waals surface area contributed by atoms with Crippen LogP contribution in [0.15, 0.2) is 12.3 Å². The molecule has 2 N–H and O–H groups in total. The van der Waals surface area contributed by atoms with Crippen molar-refractivity contribution in [3.8, 4) is 0 Å². The number of hydrogen-bond acceptors (Lipinski definition) is 5. The van der Waals surface area contributed by atoms with E-state index in [0.29, 0.717) is 12.6 Å². The van der Waals surface area contributed by atoms with Crippen LogP contribution in [-0.4, -0.2) is 35.3 Å². The van der Waals surface area contributed by atoms with Crippen molar-refractivity contribution >= 4 is 5.95 Å². The molecule has 2 rings (SSSR count). The van der Waals surface area contributed by atoms with Crippen LogP contribution in [0.3, 0.4) is 0 Å². The number of hydrogen-bond donors (Lipinski definition) is 1. The molecule has 1 aliphatic rings. The summed E-state index contributed by atoms with van der Waals surface area (Å²) in [5.74, 6) is 0.773. The summed E-state index contributed by atoms with van der Waals surface area (Å²) in [6.07, 6.45) is 3.03. The van der Waals surface area contributed by atoms with E-state index in [1.54, 1.807) is 6.20 Å². The molecule has 0 bridgehead atoms. The molecule has 0 aromatic carbocycles. The first-order valence-corrected chi connectivity index (χ1v) is 6.14. The lowest BCUT2D eigenvalue weighted by molar-refractivity contribution is 0.0292. The van der Waals surface area contributed by atoms with Crippen LogP contribution < -0.4 is 10.6 Å². The van der Waals surface area contributed by atoms with Gasteiger partial charge in [-0.25, -0.2) is 9.97 Å². The van der Waals surface area contributed by atoms with Gasteiger partial charge in [-0.2, -0.15) is 0 Å². The fourth-order valence-corrected chi connectivity index (χ4v) is 2.06. The Kier molecular flexibility index (Phi) is 3.91. The van der Waals surface area contributed by atoms with Crippen molar-refractivity contribution in [2.24, 2.45) is 5.73 Å². The number of morpholine rings is 1. The molecule has 0 amide bonds. The van der Waals surface area contributed by atoms with Gasteiger partial charge in [0.1, 0.15) is 0 Å². The summed E-state index contributed by atoms with van der Waals surface area (Å²) in [7, 11) is 0. The zero-order valence-corrected chi connectivity index (χ0v) is 10.5. The molecule has 0 saturated carbocycles. The fourth-order valence-electron chi connectivity index (χ4n) is 2.06. The van der Waals surface area contributed by atoms with E-state index < -0.39 is 0 Å². The number of nitrogens with two attached hydrogens (primary N) is 1. The average Bonchev–Trinajstić information content (AvgIpc) is 2.39. The predicted octanol–water partition coefficient (Wildman–Crippen LogP) is 0.939. The van der Waals surface area contributed by atoms with Crippen molar-refractivity contribution in [3.05, 3.63) is 18.0 Å². The molecule has 5 nitrogen and oxygen atoms in total. The van der Waals surface area contributed by atoms with E-state index in [1.807, 2.05) is 6.07 Å². The lowest BCUT2D eigenvalue weighted by Gasteiger charge is -2.38. The minimum atomic E-state index is 0.225. The number of nitrogens with zero attached hydrogens (tertiary/aromatic N) is 3. The first-order valence-electron chi connectivity index (χ1n) is 6.14. The molecule has 2 atom stereocenters. The summed E-state index contributed by atoms with van der Waals surface area (Å²) < 4.78 is 5.67. The van der Waals surface area contributed by atoms with E-state index >= 15 is 0 Å². The Labute approximate surface area is 102 Å². The summed E-state index contributed by atoms with van der Waals surface area (Å²) in [6, 6.07) is 2.22. The van der Waals surface area contributed by atoms with Crippen molar-refractivity contribution in [2.75, 3.05) is 18.1 Å². The van der Waals surface area contributed by atoms with E-state index in [2.05, 4.69) is 28.7 Å². The van der Waals surface area contributed by atoms with Crippen LogP contribution in [0.5, 0.6) is 0 Å². The van der Waals surface area contributed by atoms with Gasteiger partial charge in [0.2, 0.25) is 5.95 Å². The minimum absolute atomic E-state index is 0.225. The van der Waals surface area contributed by atoms with Crippen molar-refractivity contribution in [3.63, 3.8) is 0 Å². The molecule has 2 heterocycles. The third-order valence-corrected chi connectivity index (χ3v) is 3.11. The third-order valence-electron chi connectivity index (χ3n) is 3.11. The Morgan fingerprint density at radius 2 is 2.41 bits per heavy atom. The van der Waals surface area contributed by atoms with Gasteiger partial charge in [0.15, 0.2) is 0 Å². The van der Waals surface area contributed by atoms with E-state index in [9.17, 15) is 0 Å². The van der Waals surface area contributed by atoms with Gasteiger partial charge < -0.3 is 15.4 Å². The van der Waals surface area contributed by atoms with Crippen LogP contribution >= 0.6 is 0 Å². The maximum atomic E-state index is 5.67. The molecule has 94 valence electrons. The second kappa shape index (κ2) is 5.42. The molecule has 1 fully saturated rings. The molecule has 0 aliphatic carbocycles. The molecule has 0 spiro atoms. The van der Waals surface area contributed by atoms with Crippen LogP contribution in [-0.2, 0) is 11.3 Å². The molecule has 1 aromatic heterocycles. The van der Waals surface area contributed by atoms with Crippen molar-refractivity contribution in [1.82, 2.24) is 9.97 Å². The second-order valence-electron chi connectivity index (χ2n) is 4.41. The van der Waals surface area contributed by atoms with Crippen LogP contribution in [0.25, 0.3) is 0 Å². The number of rotatable bonds is 3. The Morgan fingerprint density at radius 3 is 3.12 bits per heavy atom. The van der Waals surface area contributed by atoms with Gasteiger partial charge in [0, 0.05) is 19.3 Å². The van der Waals surface area contributed by atoms with Crippen LogP contribution in [0.2, 0.25) is 0 Å². The molecule has 1 saturated heterocycles. The number of aromatic nitrogens is 2. The van der Waals surface area contributed by atoms with Crippen molar-refractivity contribution in [2.45, 2.75) is 39.0 Å². The molecule has 1 aliphatic heterocycles. The molecule has 1 aromatic rings. The van der Waals surface area contributed by atoms with Gasteiger partial charge >= 0.3 is 0 Å². The SMILES string of the molecule is CCC1COC(C)CN1c1nccc(CN)n1. The summed E-state index contributed by atoms with van der Waals surface area (Å²) in [5.41, 5.74) is 6.49. The summed E-state index contributed by atoms with van der Waals surface area (Å²) in [6.45, 7) is 6.27. The van der Waals surface area contributed by atoms with Crippen LogP contribution in [0, 0.1) is 0 Å². The van der Waals surface area contributed by atoms with Gasteiger partial charge in [0.05, 0.1) is 24.4 Å². The molecule has 17 heavy (non-hydrogen) atoms. The van der Waals surface area contributed by atoms with E-state index in [4.69, 9.17) is 10.5 Å². The summed E-state index contributed by atoms with van der Waals surface area (Å²) in [4.78, 5) is 11.1. The lowest BCUT2D eigenvalue weighted by atomic mass is 10.1. The highest BCUT2D eigenvalue weighted by molar-refractivity contribution is 5.33. The Morgan fingerprint density at radius 1 is 1.59 bits per heavy atom. The van der Waals surface area contributed by atoms with Gasteiger partial charge in [-0.3, -0.25) is 0 Å². The summed E-state index contributed by atoms with van der Waals surface area (Å²) >= 11 is 0. The van der Waals surface area contributed by atoms with Gasteiger partial charge in [0.25, 0.3) is 0 Å². The third kappa shape index (κ3) is 2.73. The van der Waals surface area contributed by atoms with E-state index in [-0.39, 0.29) is 6.10 Å². The zero-order chi connectivity index (χ0) is 12.3. The van der Waals surface area contributed by atoms with Crippen LogP contribution in [0.1, 0.15) is 26.0 Å². The normalized spacial score (nSPS) is 25.0. The second-order valence-corrected chi connectivity index (χ2v) is 4.41. The first kappa shape index (κ1) is 12.3. The summed E-state index contributed by atoms with van der Waals surface area (Å²) in [5, 5.41) is 0. The Balaban J connectivity index is 2.22. The zero-order valence-electron chi connectivity index (χ0n) is 10.5. The standard InChI is InChI=1S/C12H20N4O/c1-3-11-8-17-9(2)7-16(11)12-14-5-4-10(6-13)15-12/h4-5,9,11H,3,6-8,13H2,1-2H3. The van der Waals surface area contributed by atoms with E-state index in [0.717, 1.165) is 31.2 Å². The largest absolute Gasteiger partial charge is 0.375 e. The molecule has 2 unspecified atom stereocenters. The highest BCUT2D eigenvalue weighted by Gasteiger charge is 2.27. The van der Waals surface area contributed by atoms with Crippen molar-refractivity contribution < 1.29 is 4.74 Å². The minimum Gasteiger partial charge on any atom is -0.375 e. The van der Waals surface area contributed by atoms with Gasteiger partial charge in [-0.05, 0) is 19.4 Å². The molecular formula is C12H20N4O. The van der Waals surface area contributed by atoms with Gasteiger partial charge in [-0.1, -0.05) is 6.92 Å². The topological polar surface area (TPSA) is 64.3 Å². The highest BCUT2D eigenvalue weighted by Crippen LogP contribution is 2.19. The van der Waals surface area contributed by atoms with E-state index in [1.165, 1.54) is 0 Å². The monoisotopic (exact) mass is 236 g/mol. The highest BCUT2D eigenvalue weighted by atomic mass is 16.5. The fraction of sp³-hybridized carbons (Fsp3) is 0.667. The van der Waals surface area contributed by atoms with Crippen LogP contribution in [0.4, 0.5) is 5.95 Å². The average molecular weight is 236 g/mol. The number of ether oxygens (including phenoxy) is 1. The molecule has 0 radical (unpaired) electrons.